The number of fused-ring (bicyclic) bond motifs is 1. The van der Waals surface area contributed by atoms with Crippen molar-refractivity contribution in [2.45, 2.75) is 47.0 Å². The summed E-state index contributed by atoms with van der Waals surface area (Å²) in [6.45, 7) is 0.906. The highest BCUT2D eigenvalue weighted by atomic mass is 32.2. The lowest BCUT2D eigenvalue weighted by Crippen LogP contribution is -2.38. The van der Waals surface area contributed by atoms with Gasteiger partial charge in [-0.05, 0) is 43.9 Å². The Hall–Kier alpha value is -1.84. The largest absolute Gasteiger partial charge is 0.486 e. The summed E-state index contributed by atoms with van der Waals surface area (Å²) >= 11 is 1.67. The number of hydrogen-bond acceptors (Lipinski definition) is 7. The van der Waals surface area contributed by atoms with Crippen LogP contribution in [0.15, 0.2) is 46.7 Å². The molecule has 4 rings (SSSR count). The highest BCUT2D eigenvalue weighted by Crippen LogP contribution is 2.34. The molecule has 2 aromatic rings. The quantitative estimate of drug-likeness (QED) is 0.762. The summed E-state index contributed by atoms with van der Waals surface area (Å²) in [4.78, 5) is 8.70. The van der Waals surface area contributed by atoms with Gasteiger partial charge in [0.1, 0.15) is 13.2 Å². The molecule has 0 radical (unpaired) electrons. The maximum absolute atomic E-state index is 12.7. The fourth-order valence-electron chi connectivity index (χ4n) is 3.27. The summed E-state index contributed by atoms with van der Waals surface area (Å²) in [7, 11) is -3.59. The van der Waals surface area contributed by atoms with E-state index >= 15 is 0 Å². The van der Waals surface area contributed by atoms with E-state index in [1.54, 1.807) is 42.4 Å². The van der Waals surface area contributed by atoms with Gasteiger partial charge in [-0.15, -0.1) is 0 Å². The second-order valence-corrected chi connectivity index (χ2v) is 9.53. The average molecular weight is 408 g/mol. The first kappa shape index (κ1) is 18.5. The number of benzene rings is 1. The smallest absolute Gasteiger partial charge is 0.240 e. The van der Waals surface area contributed by atoms with Gasteiger partial charge in [-0.3, -0.25) is 0 Å². The fraction of sp³-hybridized carbons (Fsp3) is 0.444. The molecule has 144 valence electrons. The Morgan fingerprint density at radius 1 is 1.00 bits per heavy atom. The predicted octanol–water partition coefficient (Wildman–Crippen LogP) is 2.63. The first-order valence-corrected chi connectivity index (χ1v) is 11.3. The van der Waals surface area contributed by atoms with Gasteiger partial charge >= 0.3 is 0 Å². The minimum Gasteiger partial charge on any atom is -0.486 e. The standard InChI is InChI=1S/C18H21N3O4S2/c22-27(23,15-6-7-16-17(12-15)25-11-10-24-16)21-13-2-4-14(5-3-13)26-18-19-8-1-9-20-18/h1,6-9,12-14,21H,2-5,10-11H2. The van der Waals surface area contributed by atoms with Crippen molar-refractivity contribution in [3.05, 3.63) is 36.7 Å². The zero-order chi connectivity index (χ0) is 18.7. The first-order valence-electron chi connectivity index (χ1n) is 8.96. The summed E-state index contributed by atoms with van der Waals surface area (Å²) in [5, 5.41) is 1.19. The van der Waals surface area contributed by atoms with Crippen LogP contribution in [0, 0.1) is 0 Å². The summed E-state index contributed by atoms with van der Waals surface area (Å²) in [6, 6.07) is 6.48. The molecular formula is C18H21N3O4S2. The first-order chi connectivity index (χ1) is 13.1. The number of nitrogens with one attached hydrogen (secondary N) is 1. The fourth-order valence-corrected chi connectivity index (χ4v) is 5.64. The van der Waals surface area contributed by atoms with Crippen molar-refractivity contribution in [1.82, 2.24) is 14.7 Å². The van der Waals surface area contributed by atoms with Crippen LogP contribution in [-0.2, 0) is 10.0 Å². The van der Waals surface area contributed by atoms with Crippen molar-refractivity contribution in [1.29, 1.82) is 0 Å². The molecule has 7 nitrogen and oxygen atoms in total. The van der Waals surface area contributed by atoms with Gasteiger partial charge in [0.05, 0.1) is 4.90 Å². The third-order valence-corrected chi connectivity index (χ3v) is 7.38. The second kappa shape index (κ2) is 8.04. The van der Waals surface area contributed by atoms with Crippen molar-refractivity contribution >= 4 is 21.8 Å². The van der Waals surface area contributed by atoms with Gasteiger partial charge in [0.25, 0.3) is 0 Å². The number of thioether (sulfide) groups is 1. The number of hydrogen-bond donors (Lipinski definition) is 1. The van der Waals surface area contributed by atoms with E-state index in [-0.39, 0.29) is 10.9 Å². The zero-order valence-electron chi connectivity index (χ0n) is 14.7. The minimum absolute atomic E-state index is 0.0586. The maximum Gasteiger partial charge on any atom is 0.240 e. The molecule has 2 aliphatic rings. The van der Waals surface area contributed by atoms with E-state index in [1.165, 1.54) is 6.07 Å². The van der Waals surface area contributed by atoms with Crippen molar-refractivity contribution in [2.75, 3.05) is 13.2 Å². The van der Waals surface area contributed by atoms with E-state index in [1.807, 2.05) is 0 Å². The lowest BCUT2D eigenvalue weighted by atomic mass is 9.96. The van der Waals surface area contributed by atoms with Gasteiger partial charge in [-0.25, -0.2) is 23.1 Å². The van der Waals surface area contributed by atoms with Crippen LogP contribution in [0.1, 0.15) is 25.7 Å². The summed E-state index contributed by atoms with van der Waals surface area (Å²) in [5.41, 5.74) is 0. The molecule has 1 fully saturated rings. The van der Waals surface area contributed by atoms with Crippen LogP contribution >= 0.6 is 11.8 Å². The molecule has 27 heavy (non-hydrogen) atoms. The van der Waals surface area contributed by atoms with E-state index in [0.717, 1.165) is 30.8 Å². The van der Waals surface area contributed by atoms with E-state index in [0.29, 0.717) is 30.0 Å². The normalized spacial score (nSPS) is 22.4. The van der Waals surface area contributed by atoms with Crippen LogP contribution in [0.3, 0.4) is 0 Å². The van der Waals surface area contributed by atoms with Crippen LogP contribution in [0.5, 0.6) is 11.5 Å². The third-order valence-electron chi connectivity index (χ3n) is 4.63. The molecule has 0 unspecified atom stereocenters. The molecule has 0 saturated heterocycles. The molecule has 1 N–H and O–H groups in total. The molecule has 1 aromatic carbocycles. The Morgan fingerprint density at radius 2 is 1.70 bits per heavy atom. The van der Waals surface area contributed by atoms with Gasteiger partial charge < -0.3 is 9.47 Å². The van der Waals surface area contributed by atoms with E-state index in [9.17, 15) is 8.42 Å². The molecule has 0 amide bonds. The van der Waals surface area contributed by atoms with E-state index in [4.69, 9.17) is 9.47 Å². The third kappa shape index (κ3) is 4.53. The number of aromatic nitrogens is 2. The van der Waals surface area contributed by atoms with Gasteiger partial charge in [-0.1, -0.05) is 11.8 Å². The summed E-state index contributed by atoms with van der Waals surface area (Å²) in [6.07, 6.45) is 6.93. The molecule has 2 heterocycles. The topological polar surface area (TPSA) is 90.4 Å². The van der Waals surface area contributed by atoms with Crippen molar-refractivity contribution in [3.63, 3.8) is 0 Å². The van der Waals surface area contributed by atoms with Gasteiger partial charge in [-0.2, -0.15) is 0 Å². The molecule has 0 spiro atoms. The maximum atomic E-state index is 12.7. The van der Waals surface area contributed by atoms with E-state index < -0.39 is 10.0 Å². The Balaban J connectivity index is 1.35. The summed E-state index contributed by atoms with van der Waals surface area (Å²) in [5.74, 6) is 1.06. The van der Waals surface area contributed by atoms with Crippen LogP contribution in [0.4, 0.5) is 0 Å². The molecule has 1 aliphatic carbocycles. The Morgan fingerprint density at radius 3 is 2.44 bits per heavy atom. The Bertz CT molecular complexity index is 885. The van der Waals surface area contributed by atoms with Gasteiger partial charge in [0, 0.05) is 29.8 Å². The number of sulfonamides is 1. The van der Waals surface area contributed by atoms with Crippen molar-refractivity contribution < 1.29 is 17.9 Å². The Labute approximate surface area is 162 Å². The van der Waals surface area contributed by atoms with Crippen LogP contribution in [0.2, 0.25) is 0 Å². The number of ether oxygens (including phenoxy) is 2. The summed E-state index contributed by atoms with van der Waals surface area (Å²) < 4.78 is 39.2. The molecule has 1 aliphatic heterocycles. The molecular weight excluding hydrogens is 386 g/mol. The second-order valence-electron chi connectivity index (χ2n) is 6.55. The lowest BCUT2D eigenvalue weighted by Gasteiger charge is -2.28. The molecule has 0 bridgehead atoms. The molecule has 9 heteroatoms. The molecule has 0 atom stereocenters. The number of rotatable bonds is 5. The zero-order valence-corrected chi connectivity index (χ0v) is 16.3. The highest BCUT2D eigenvalue weighted by molar-refractivity contribution is 7.99. The van der Waals surface area contributed by atoms with Crippen LogP contribution in [0.25, 0.3) is 0 Å². The van der Waals surface area contributed by atoms with Gasteiger partial charge in [0.15, 0.2) is 16.7 Å². The van der Waals surface area contributed by atoms with Crippen LogP contribution < -0.4 is 14.2 Å². The lowest BCUT2D eigenvalue weighted by molar-refractivity contribution is 0.171. The van der Waals surface area contributed by atoms with Crippen molar-refractivity contribution in [2.24, 2.45) is 0 Å². The molecule has 1 saturated carbocycles. The highest BCUT2D eigenvalue weighted by Gasteiger charge is 2.27. The number of nitrogens with zero attached hydrogens (tertiary/aromatic N) is 2. The molecule has 1 aromatic heterocycles. The van der Waals surface area contributed by atoms with Crippen molar-refractivity contribution in [3.8, 4) is 11.5 Å². The average Bonchev–Trinajstić information content (AvgIpc) is 2.70. The predicted molar refractivity (Wildman–Crippen MR) is 102 cm³/mol. The minimum atomic E-state index is -3.59. The SMILES string of the molecule is O=S(=O)(NC1CCC(Sc2ncccn2)CC1)c1ccc2c(c1)OCCO2. The Kier molecular flexibility index (Phi) is 5.51. The van der Waals surface area contributed by atoms with E-state index in [2.05, 4.69) is 14.7 Å². The van der Waals surface area contributed by atoms with Crippen LogP contribution in [-0.4, -0.2) is 42.9 Å². The van der Waals surface area contributed by atoms with Gasteiger partial charge in [0.2, 0.25) is 10.0 Å². The monoisotopic (exact) mass is 407 g/mol.